The van der Waals surface area contributed by atoms with Crippen LogP contribution in [-0.2, 0) is 11.2 Å². The van der Waals surface area contributed by atoms with E-state index in [0.29, 0.717) is 6.54 Å². The first-order chi connectivity index (χ1) is 8.69. The van der Waals surface area contributed by atoms with Crippen LogP contribution >= 0.6 is 0 Å². The number of rotatable bonds is 5. The van der Waals surface area contributed by atoms with Gasteiger partial charge in [-0.25, -0.2) is 4.98 Å². The molecule has 18 heavy (non-hydrogen) atoms. The van der Waals surface area contributed by atoms with E-state index in [1.54, 1.807) is 0 Å². The second-order valence-corrected chi connectivity index (χ2v) is 4.47. The molecule has 2 heterocycles. The number of aliphatic hydroxyl groups excluding tert-OH is 1. The quantitative estimate of drug-likeness (QED) is 0.814. The fourth-order valence-corrected chi connectivity index (χ4v) is 1.65. The third-order valence-corrected chi connectivity index (χ3v) is 2.71. The maximum absolute atomic E-state index is 11.7. The zero-order valence-corrected chi connectivity index (χ0v) is 10.3. The average molecular weight is 247 g/mol. The molecule has 0 fully saturated rings. The van der Waals surface area contributed by atoms with Gasteiger partial charge in [0.25, 0.3) is 0 Å². The lowest BCUT2D eigenvalue weighted by Gasteiger charge is -2.08. The minimum Gasteiger partial charge on any atom is -0.396 e. The van der Waals surface area contributed by atoms with Crippen molar-refractivity contribution in [2.45, 2.75) is 13.3 Å². The molecule has 0 bridgehead atoms. The normalized spacial score (nSPS) is 12.6. The van der Waals surface area contributed by atoms with Crippen LogP contribution in [0.3, 0.4) is 0 Å². The Hall–Kier alpha value is -1.88. The maximum Gasteiger partial charge on any atom is 0.226 e. The molecule has 0 saturated heterocycles. The van der Waals surface area contributed by atoms with E-state index in [2.05, 4.69) is 10.3 Å². The lowest BCUT2D eigenvalue weighted by molar-refractivity contribution is -0.120. The predicted molar refractivity (Wildman–Crippen MR) is 68.2 cm³/mol. The monoisotopic (exact) mass is 247 g/mol. The van der Waals surface area contributed by atoms with Crippen LogP contribution in [0.5, 0.6) is 0 Å². The van der Waals surface area contributed by atoms with Gasteiger partial charge in [0.15, 0.2) is 0 Å². The van der Waals surface area contributed by atoms with Crippen molar-refractivity contribution in [3.8, 4) is 0 Å². The van der Waals surface area contributed by atoms with Gasteiger partial charge in [-0.15, -0.1) is 0 Å². The number of carbonyl (C=O) groups excluding carboxylic acids is 1. The van der Waals surface area contributed by atoms with Crippen LogP contribution in [0.2, 0.25) is 0 Å². The number of aliphatic hydroxyl groups is 1. The molecule has 0 spiro atoms. The van der Waals surface area contributed by atoms with Crippen molar-refractivity contribution in [2.75, 3.05) is 13.2 Å². The molecular weight excluding hydrogens is 230 g/mol. The largest absolute Gasteiger partial charge is 0.396 e. The van der Waals surface area contributed by atoms with E-state index in [0.717, 1.165) is 11.3 Å². The number of hydrogen-bond donors (Lipinski definition) is 2. The molecule has 5 nitrogen and oxygen atoms in total. The standard InChI is InChI=1S/C13H17N3O2/c1-10(9-17)7-14-13(18)6-11-8-16-5-3-2-4-12(16)15-11/h2-5,8,10,17H,6-7,9H2,1H3,(H,14,18). The van der Waals surface area contributed by atoms with Gasteiger partial charge < -0.3 is 14.8 Å². The van der Waals surface area contributed by atoms with Crippen LogP contribution in [0.4, 0.5) is 0 Å². The van der Waals surface area contributed by atoms with Gasteiger partial charge in [-0.05, 0) is 18.1 Å². The van der Waals surface area contributed by atoms with Crippen LogP contribution in [0.1, 0.15) is 12.6 Å². The first-order valence-corrected chi connectivity index (χ1v) is 5.99. The number of amides is 1. The fourth-order valence-electron chi connectivity index (χ4n) is 1.65. The highest BCUT2D eigenvalue weighted by molar-refractivity contribution is 5.78. The Morgan fingerprint density at radius 3 is 3.11 bits per heavy atom. The Morgan fingerprint density at radius 1 is 1.56 bits per heavy atom. The number of pyridine rings is 1. The van der Waals surface area contributed by atoms with Crippen LogP contribution in [-0.4, -0.2) is 33.6 Å². The summed E-state index contributed by atoms with van der Waals surface area (Å²) < 4.78 is 1.89. The highest BCUT2D eigenvalue weighted by Crippen LogP contribution is 2.05. The SMILES string of the molecule is CC(CO)CNC(=O)Cc1cn2ccccc2n1. The van der Waals surface area contributed by atoms with Gasteiger partial charge in [0, 0.05) is 25.5 Å². The summed E-state index contributed by atoms with van der Waals surface area (Å²) in [5.41, 5.74) is 1.58. The highest BCUT2D eigenvalue weighted by Gasteiger charge is 2.08. The number of fused-ring (bicyclic) bond motifs is 1. The van der Waals surface area contributed by atoms with Crippen LogP contribution in [0.15, 0.2) is 30.6 Å². The molecular formula is C13H17N3O2. The number of imidazole rings is 1. The van der Waals surface area contributed by atoms with Crippen molar-refractivity contribution < 1.29 is 9.90 Å². The third kappa shape index (κ3) is 3.07. The summed E-state index contributed by atoms with van der Waals surface area (Å²) in [5.74, 6) is 0.00808. The predicted octanol–water partition coefficient (Wildman–Crippen LogP) is 0.621. The number of carbonyl (C=O) groups is 1. The van der Waals surface area contributed by atoms with Gasteiger partial charge >= 0.3 is 0 Å². The van der Waals surface area contributed by atoms with E-state index in [-0.39, 0.29) is 24.9 Å². The summed E-state index contributed by atoms with van der Waals surface area (Å²) >= 11 is 0. The van der Waals surface area contributed by atoms with E-state index >= 15 is 0 Å². The molecule has 5 heteroatoms. The topological polar surface area (TPSA) is 66.6 Å². The Balaban J connectivity index is 1.94. The van der Waals surface area contributed by atoms with Gasteiger partial charge in [-0.1, -0.05) is 13.0 Å². The van der Waals surface area contributed by atoms with Crippen LogP contribution < -0.4 is 5.32 Å². The number of hydrogen-bond acceptors (Lipinski definition) is 3. The highest BCUT2D eigenvalue weighted by atomic mass is 16.3. The lowest BCUT2D eigenvalue weighted by atomic mass is 10.2. The Morgan fingerprint density at radius 2 is 2.39 bits per heavy atom. The molecule has 2 rings (SSSR count). The van der Waals surface area contributed by atoms with Gasteiger partial charge in [-0.2, -0.15) is 0 Å². The first kappa shape index (κ1) is 12.6. The zero-order chi connectivity index (χ0) is 13.0. The molecule has 0 aromatic carbocycles. The van der Waals surface area contributed by atoms with Crippen LogP contribution in [0, 0.1) is 5.92 Å². The third-order valence-electron chi connectivity index (χ3n) is 2.71. The smallest absolute Gasteiger partial charge is 0.226 e. The summed E-state index contributed by atoms with van der Waals surface area (Å²) in [7, 11) is 0. The summed E-state index contributed by atoms with van der Waals surface area (Å²) in [5, 5.41) is 11.6. The summed E-state index contributed by atoms with van der Waals surface area (Å²) in [6.07, 6.45) is 4.02. The average Bonchev–Trinajstić information content (AvgIpc) is 2.77. The second-order valence-electron chi connectivity index (χ2n) is 4.47. The van der Waals surface area contributed by atoms with Crippen LogP contribution in [0.25, 0.3) is 5.65 Å². The van der Waals surface area contributed by atoms with Gasteiger partial charge in [0.1, 0.15) is 5.65 Å². The number of aromatic nitrogens is 2. The Kier molecular flexibility index (Phi) is 3.94. The molecule has 0 aliphatic heterocycles. The molecule has 0 radical (unpaired) electrons. The Bertz CT molecular complexity index is 503. The van der Waals surface area contributed by atoms with E-state index in [1.165, 1.54) is 0 Å². The van der Waals surface area contributed by atoms with E-state index in [1.807, 2.05) is 41.9 Å². The minimum absolute atomic E-state index is 0.0706. The first-order valence-electron chi connectivity index (χ1n) is 5.99. The molecule has 1 amide bonds. The summed E-state index contributed by atoms with van der Waals surface area (Å²) in [6.45, 7) is 2.45. The Labute approximate surface area is 105 Å². The van der Waals surface area contributed by atoms with Crippen molar-refractivity contribution in [1.29, 1.82) is 0 Å². The summed E-state index contributed by atoms with van der Waals surface area (Å²) in [4.78, 5) is 16.0. The molecule has 2 N–H and O–H groups in total. The van der Waals surface area contributed by atoms with E-state index < -0.39 is 0 Å². The molecule has 0 saturated carbocycles. The van der Waals surface area contributed by atoms with Gasteiger partial charge in [-0.3, -0.25) is 4.79 Å². The van der Waals surface area contributed by atoms with Crippen molar-refractivity contribution in [3.05, 3.63) is 36.3 Å². The zero-order valence-electron chi connectivity index (χ0n) is 10.3. The number of nitrogens with zero attached hydrogens (tertiary/aromatic N) is 2. The molecule has 96 valence electrons. The molecule has 2 aromatic rings. The maximum atomic E-state index is 11.7. The van der Waals surface area contributed by atoms with Crippen molar-refractivity contribution in [1.82, 2.24) is 14.7 Å². The van der Waals surface area contributed by atoms with Crippen molar-refractivity contribution >= 4 is 11.6 Å². The van der Waals surface area contributed by atoms with Crippen molar-refractivity contribution in [2.24, 2.45) is 5.92 Å². The van der Waals surface area contributed by atoms with Crippen molar-refractivity contribution in [3.63, 3.8) is 0 Å². The fraction of sp³-hybridized carbons (Fsp3) is 0.385. The molecule has 0 aliphatic carbocycles. The number of nitrogens with one attached hydrogen (secondary N) is 1. The second kappa shape index (κ2) is 5.64. The molecule has 1 atom stereocenters. The molecule has 0 aliphatic rings. The molecule has 1 unspecified atom stereocenters. The minimum atomic E-state index is -0.0706. The van der Waals surface area contributed by atoms with E-state index in [9.17, 15) is 4.79 Å². The lowest BCUT2D eigenvalue weighted by Crippen LogP contribution is -2.30. The van der Waals surface area contributed by atoms with Gasteiger partial charge in [0.05, 0.1) is 12.1 Å². The summed E-state index contributed by atoms with van der Waals surface area (Å²) in [6, 6.07) is 5.73. The van der Waals surface area contributed by atoms with Gasteiger partial charge in [0.2, 0.25) is 5.91 Å². The van der Waals surface area contributed by atoms with E-state index in [4.69, 9.17) is 5.11 Å². The molecule has 2 aromatic heterocycles.